The van der Waals surface area contributed by atoms with Crippen molar-refractivity contribution in [3.8, 4) is 23.1 Å². The third kappa shape index (κ3) is 4.83. The number of ether oxygens (including phenoxy) is 3. The van der Waals surface area contributed by atoms with Crippen molar-refractivity contribution < 1.29 is 19.0 Å². The zero-order valence-corrected chi connectivity index (χ0v) is 20.0. The van der Waals surface area contributed by atoms with Crippen LogP contribution in [-0.2, 0) is 9.47 Å². The molecule has 0 atom stereocenters. The monoisotopic (exact) mass is 474 g/mol. The summed E-state index contributed by atoms with van der Waals surface area (Å²) in [5.74, 6) is 0.724. The van der Waals surface area contributed by atoms with E-state index in [0.717, 1.165) is 40.8 Å². The summed E-state index contributed by atoms with van der Waals surface area (Å²) in [7, 11) is 0. The highest BCUT2D eigenvalue weighted by Crippen LogP contribution is 2.43. The number of carbonyl (C=O) groups excluding carboxylic acids is 1. The molecule has 2 aliphatic rings. The Bertz CT molecular complexity index is 1250. The van der Waals surface area contributed by atoms with Crippen LogP contribution in [0, 0.1) is 11.3 Å². The fourth-order valence-electron chi connectivity index (χ4n) is 4.61. The van der Waals surface area contributed by atoms with Gasteiger partial charge >= 0.3 is 6.03 Å². The Labute approximate surface area is 204 Å². The second-order valence-corrected chi connectivity index (χ2v) is 9.28. The Kier molecular flexibility index (Phi) is 6.62. The number of aromatic nitrogens is 1. The smallest absolute Gasteiger partial charge is 0.319 e. The molecule has 2 heterocycles. The lowest BCUT2D eigenvalue weighted by Gasteiger charge is -2.30. The van der Waals surface area contributed by atoms with E-state index < -0.39 is 0 Å². The van der Waals surface area contributed by atoms with Crippen molar-refractivity contribution in [1.82, 2.24) is 9.88 Å². The molecule has 0 unspecified atom stereocenters. The maximum Gasteiger partial charge on any atom is 0.319 e. The summed E-state index contributed by atoms with van der Waals surface area (Å²) in [6.07, 6.45) is 2.98. The van der Waals surface area contributed by atoms with Gasteiger partial charge in [0, 0.05) is 29.2 Å². The fraction of sp³-hybridized carbons (Fsp3) is 0.407. The molecule has 0 radical (unpaired) electrons. The van der Waals surface area contributed by atoms with E-state index in [-0.39, 0.29) is 18.4 Å². The molecule has 1 saturated heterocycles. The first-order valence-electron chi connectivity index (χ1n) is 12.2. The number of hydrogen-bond donors (Lipinski definition) is 2. The summed E-state index contributed by atoms with van der Waals surface area (Å²) < 4.78 is 19.2. The van der Waals surface area contributed by atoms with E-state index in [1.54, 1.807) is 0 Å². The molecule has 2 fully saturated rings. The molecule has 5 rings (SSSR count). The minimum absolute atomic E-state index is 0.0535. The van der Waals surface area contributed by atoms with E-state index in [4.69, 9.17) is 14.2 Å². The number of nitrogens with one attached hydrogen (secondary N) is 2. The van der Waals surface area contributed by atoms with Crippen LogP contribution in [0.4, 0.5) is 10.5 Å². The molecule has 2 N–H and O–H groups in total. The van der Waals surface area contributed by atoms with Crippen molar-refractivity contribution >= 4 is 22.6 Å². The average Bonchev–Trinajstić information content (AvgIpc) is 3.43. The van der Waals surface area contributed by atoms with E-state index in [0.29, 0.717) is 37.1 Å². The van der Waals surface area contributed by atoms with Crippen LogP contribution in [-0.4, -0.2) is 42.8 Å². The number of benzene rings is 2. The maximum absolute atomic E-state index is 12.1. The molecule has 8 heteroatoms. The van der Waals surface area contributed by atoms with Crippen LogP contribution in [0.3, 0.4) is 0 Å². The minimum atomic E-state index is -0.343. The quantitative estimate of drug-likeness (QED) is 0.491. The number of hydrogen-bond acceptors (Lipinski definition) is 5. The van der Waals surface area contributed by atoms with Crippen molar-refractivity contribution in [3.63, 3.8) is 0 Å². The Morgan fingerprint density at radius 1 is 1.17 bits per heavy atom. The SMILES string of the molecule is CC(C)NC(=O)Nc1ccc(-c2c(C#N)c3ccc(OCC4OCCO4)cc3n2C2CCC2)cc1. The number of amides is 2. The van der Waals surface area contributed by atoms with Gasteiger partial charge in [0.15, 0.2) is 6.29 Å². The van der Waals surface area contributed by atoms with E-state index in [1.165, 1.54) is 6.42 Å². The predicted molar refractivity (Wildman–Crippen MR) is 133 cm³/mol. The van der Waals surface area contributed by atoms with Gasteiger partial charge in [-0.3, -0.25) is 0 Å². The molecule has 35 heavy (non-hydrogen) atoms. The molecule has 2 aromatic carbocycles. The second kappa shape index (κ2) is 9.98. The highest BCUT2D eigenvalue weighted by Gasteiger charge is 2.28. The lowest BCUT2D eigenvalue weighted by atomic mass is 9.92. The molecular formula is C27H30N4O4. The standard InChI is InChI=1S/C27H30N4O4/c1-17(2)29-27(32)30-19-8-6-18(7-9-19)26-23(15-28)22-11-10-21(35-16-25-33-12-13-34-25)14-24(22)31(26)20-4-3-5-20/h6-11,14,17,20,25H,3-5,12-13,16H2,1-2H3,(H2,29,30,32). The highest BCUT2D eigenvalue weighted by molar-refractivity contribution is 5.96. The molecule has 1 saturated carbocycles. The molecule has 3 aromatic rings. The van der Waals surface area contributed by atoms with Crippen LogP contribution in [0.15, 0.2) is 42.5 Å². The summed E-state index contributed by atoms with van der Waals surface area (Å²) in [4.78, 5) is 12.1. The number of nitrogens with zero attached hydrogens (tertiary/aromatic N) is 2. The summed E-state index contributed by atoms with van der Waals surface area (Å²) in [5.41, 5.74) is 4.19. The van der Waals surface area contributed by atoms with Crippen LogP contribution < -0.4 is 15.4 Å². The lowest BCUT2D eigenvalue weighted by molar-refractivity contribution is -0.0683. The largest absolute Gasteiger partial charge is 0.488 e. The first kappa shape index (κ1) is 23.2. The molecule has 182 valence electrons. The summed E-state index contributed by atoms with van der Waals surface area (Å²) in [6, 6.07) is 16.1. The number of carbonyl (C=O) groups is 1. The number of urea groups is 1. The first-order chi connectivity index (χ1) is 17.0. The van der Waals surface area contributed by atoms with Gasteiger partial charge in [-0.25, -0.2) is 4.79 Å². The van der Waals surface area contributed by atoms with Crippen molar-refractivity contribution in [2.45, 2.75) is 51.5 Å². The number of fused-ring (bicyclic) bond motifs is 1. The minimum Gasteiger partial charge on any atom is -0.488 e. The number of rotatable bonds is 7. The number of nitriles is 1. The van der Waals surface area contributed by atoms with Gasteiger partial charge in [0.1, 0.15) is 18.4 Å². The van der Waals surface area contributed by atoms with Gasteiger partial charge in [0.05, 0.1) is 30.0 Å². The second-order valence-electron chi connectivity index (χ2n) is 9.28. The van der Waals surface area contributed by atoms with Crippen molar-refractivity contribution in [3.05, 3.63) is 48.0 Å². The van der Waals surface area contributed by atoms with Crippen molar-refractivity contribution in [2.24, 2.45) is 0 Å². The average molecular weight is 475 g/mol. The van der Waals surface area contributed by atoms with E-state index in [9.17, 15) is 10.1 Å². The Morgan fingerprint density at radius 2 is 1.91 bits per heavy atom. The Hall–Kier alpha value is -3.54. The van der Waals surface area contributed by atoms with Gasteiger partial charge in [-0.1, -0.05) is 12.1 Å². The summed E-state index contributed by atoms with van der Waals surface area (Å²) in [5, 5.41) is 16.7. The van der Waals surface area contributed by atoms with Crippen molar-refractivity contribution in [2.75, 3.05) is 25.1 Å². The summed E-state index contributed by atoms with van der Waals surface area (Å²) >= 11 is 0. The third-order valence-electron chi connectivity index (χ3n) is 6.44. The van der Waals surface area contributed by atoms with E-state index >= 15 is 0 Å². The predicted octanol–water partition coefficient (Wildman–Crippen LogP) is 5.19. The topological polar surface area (TPSA) is 97.5 Å². The Morgan fingerprint density at radius 3 is 2.54 bits per heavy atom. The van der Waals surface area contributed by atoms with Gasteiger partial charge < -0.3 is 29.4 Å². The molecule has 2 amide bonds. The van der Waals surface area contributed by atoms with Gasteiger partial charge in [-0.15, -0.1) is 0 Å². The van der Waals surface area contributed by atoms with Crippen LogP contribution in [0.5, 0.6) is 5.75 Å². The van der Waals surface area contributed by atoms with Crippen LogP contribution in [0.1, 0.15) is 44.7 Å². The Balaban J connectivity index is 1.49. The normalized spacial score (nSPS) is 16.3. The van der Waals surface area contributed by atoms with Gasteiger partial charge in [-0.2, -0.15) is 5.26 Å². The molecular weight excluding hydrogens is 444 g/mol. The van der Waals surface area contributed by atoms with Crippen LogP contribution >= 0.6 is 0 Å². The van der Waals surface area contributed by atoms with Crippen LogP contribution in [0.25, 0.3) is 22.2 Å². The first-order valence-corrected chi connectivity index (χ1v) is 12.2. The molecule has 8 nitrogen and oxygen atoms in total. The zero-order valence-electron chi connectivity index (χ0n) is 20.0. The van der Waals surface area contributed by atoms with Crippen molar-refractivity contribution in [1.29, 1.82) is 5.26 Å². The molecule has 0 bridgehead atoms. The molecule has 1 aromatic heterocycles. The molecule has 1 aliphatic carbocycles. The van der Waals surface area contributed by atoms with E-state index in [1.807, 2.05) is 56.3 Å². The maximum atomic E-state index is 12.1. The number of anilines is 1. The van der Waals surface area contributed by atoms with Crippen LogP contribution in [0.2, 0.25) is 0 Å². The lowest BCUT2D eigenvalue weighted by Crippen LogP contribution is -2.34. The fourth-order valence-corrected chi connectivity index (χ4v) is 4.61. The molecule has 1 aliphatic heterocycles. The zero-order chi connectivity index (χ0) is 24.4. The highest BCUT2D eigenvalue weighted by atomic mass is 16.7. The van der Waals surface area contributed by atoms with Gasteiger partial charge in [0.25, 0.3) is 0 Å². The van der Waals surface area contributed by atoms with E-state index in [2.05, 4.69) is 21.3 Å². The van der Waals surface area contributed by atoms with Gasteiger partial charge in [0.2, 0.25) is 0 Å². The molecule has 0 spiro atoms. The van der Waals surface area contributed by atoms with Gasteiger partial charge in [-0.05, 0) is 62.9 Å². The summed E-state index contributed by atoms with van der Waals surface area (Å²) in [6.45, 7) is 5.33. The third-order valence-corrected chi connectivity index (χ3v) is 6.44.